The first-order chi connectivity index (χ1) is 9.95. The normalized spacial score (nSPS) is 20.0. The Balaban J connectivity index is 2.23. The van der Waals surface area contributed by atoms with Crippen molar-refractivity contribution in [3.8, 4) is 0 Å². The zero-order valence-electron chi connectivity index (χ0n) is 12.6. The van der Waals surface area contributed by atoms with Crippen molar-refractivity contribution in [3.63, 3.8) is 0 Å². The van der Waals surface area contributed by atoms with E-state index in [9.17, 15) is 8.42 Å². The van der Waals surface area contributed by atoms with Gasteiger partial charge >= 0.3 is 0 Å². The van der Waals surface area contributed by atoms with Crippen molar-refractivity contribution in [2.45, 2.75) is 38.1 Å². The van der Waals surface area contributed by atoms with E-state index >= 15 is 0 Å². The quantitative estimate of drug-likeness (QED) is 0.816. The maximum absolute atomic E-state index is 12.7. The number of hydrogen-bond acceptors (Lipinski definition) is 3. The summed E-state index contributed by atoms with van der Waals surface area (Å²) in [6.07, 6.45) is 1.96. The fourth-order valence-electron chi connectivity index (χ4n) is 2.52. The highest BCUT2D eigenvalue weighted by Gasteiger charge is 2.32. The molecule has 0 amide bonds. The summed E-state index contributed by atoms with van der Waals surface area (Å²) in [6.45, 7) is 6.90. The topological polar surface area (TPSA) is 49.4 Å². The molecule has 1 saturated heterocycles. The van der Waals surface area contributed by atoms with Gasteiger partial charge in [0.2, 0.25) is 10.0 Å². The van der Waals surface area contributed by atoms with Crippen LogP contribution in [-0.2, 0) is 16.6 Å². The molecule has 1 N–H and O–H groups in total. The van der Waals surface area contributed by atoms with Crippen molar-refractivity contribution in [2.75, 3.05) is 19.6 Å². The molecule has 4 nitrogen and oxygen atoms in total. The smallest absolute Gasteiger partial charge is 0.244 e. The molecule has 1 aliphatic heterocycles. The van der Waals surface area contributed by atoms with Gasteiger partial charge in [0, 0.05) is 19.6 Å². The third-order valence-corrected chi connectivity index (χ3v) is 6.10. The van der Waals surface area contributed by atoms with Gasteiger partial charge in [-0.1, -0.05) is 31.5 Å². The van der Waals surface area contributed by atoms with Gasteiger partial charge in [0.25, 0.3) is 0 Å². The van der Waals surface area contributed by atoms with E-state index in [-0.39, 0.29) is 4.90 Å². The van der Waals surface area contributed by atoms with Crippen molar-refractivity contribution in [1.82, 2.24) is 9.62 Å². The molecule has 6 heteroatoms. The van der Waals surface area contributed by atoms with E-state index in [4.69, 9.17) is 11.6 Å². The molecule has 0 aliphatic carbocycles. The van der Waals surface area contributed by atoms with Crippen molar-refractivity contribution in [1.29, 1.82) is 0 Å². The molecule has 1 aromatic carbocycles. The highest BCUT2D eigenvalue weighted by atomic mass is 35.5. The van der Waals surface area contributed by atoms with E-state index in [0.717, 1.165) is 24.9 Å². The molecule has 0 radical (unpaired) electrons. The number of nitrogens with one attached hydrogen (secondary N) is 1. The van der Waals surface area contributed by atoms with Crippen molar-refractivity contribution < 1.29 is 8.42 Å². The Morgan fingerprint density at radius 2 is 2.19 bits per heavy atom. The predicted molar refractivity (Wildman–Crippen MR) is 86.0 cm³/mol. The second-order valence-corrected chi connectivity index (χ2v) is 8.01. The van der Waals surface area contributed by atoms with Gasteiger partial charge in [-0.2, -0.15) is 4.31 Å². The first-order valence-corrected chi connectivity index (χ1v) is 9.26. The van der Waals surface area contributed by atoms with Gasteiger partial charge in [0.05, 0.1) is 5.02 Å². The highest BCUT2D eigenvalue weighted by Crippen LogP contribution is 2.29. The molecular weight excluding hydrogens is 308 g/mol. The summed E-state index contributed by atoms with van der Waals surface area (Å²) in [5.74, 6) is 0.410. The number of nitrogens with zero attached hydrogens (tertiary/aromatic N) is 1. The minimum Gasteiger partial charge on any atom is -0.313 e. The molecule has 2 rings (SSSR count). The Kier molecular flexibility index (Phi) is 5.66. The van der Waals surface area contributed by atoms with E-state index in [0.29, 0.717) is 30.6 Å². The molecule has 1 atom stereocenters. The second kappa shape index (κ2) is 7.09. The lowest BCUT2D eigenvalue weighted by atomic mass is 10.2. The van der Waals surface area contributed by atoms with Crippen LogP contribution in [0.1, 0.15) is 32.3 Å². The van der Waals surface area contributed by atoms with Crippen LogP contribution >= 0.6 is 11.6 Å². The van der Waals surface area contributed by atoms with Crippen LogP contribution in [0.5, 0.6) is 0 Å². The first kappa shape index (κ1) is 16.7. The molecule has 1 fully saturated rings. The predicted octanol–water partition coefficient (Wildman–Crippen LogP) is 2.87. The Morgan fingerprint density at radius 1 is 1.43 bits per heavy atom. The van der Waals surface area contributed by atoms with Crippen molar-refractivity contribution in [2.24, 2.45) is 5.92 Å². The molecule has 21 heavy (non-hydrogen) atoms. The minimum absolute atomic E-state index is 0.231. The number of benzene rings is 1. The molecule has 0 saturated carbocycles. The van der Waals surface area contributed by atoms with Crippen LogP contribution in [0.25, 0.3) is 0 Å². The molecule has 1 aliphatic rings. The van der Waals surface area contributed by atoms with Crippen LogP contribution in [-0.4, -0.2) is 32.4 Å². The third-order valence-electron chi connectivity index (χ3n) is 3.76. The number of halogens is 1. The Hall–Kier alpha value is -0.620. The molecule has 0 aromatic heterocycles. The summed E-state index contributed by atoms with van der Waals surface area (Å²) < 4.78 is 27.0. The van der Waals surface area contributed by atoms with Gasteiger partial charge < -0.3 is 5.32 Å². The molecule has 1 heterocycles. The van der Waals surface area contributed by atoms with Gasteiger partial charge in [-0.15, -0.1) is 0 Å². The minimum atomic E-state index is -3.48. The first-order valence-electron chi connectivity index (χ1n) is 7.44. The van der Waals surface area contributed by atoms with Crippen molar-refractivity contribution in [3.05, 3.63) is 28.8 Å². The summed E-state index contributed by atoms with van der Waals surface area (Å²) in [4.78, 5) is 0.231. The van der Waals surface area contributed by atoms with Gasteiger partial charge in [0.1, 0.15) is 4.90 Å². The Labute approximate surface area is 132 Å². The van der Waals surface area contributed by atoms with Gasteiger partial charge in [-0.3, -0.25) is 0 Å². The van der Waals surface area contributed by atoms with E-state index in [1.807, 2.05) is 6.07 Å². The number of rotatable bonds is 6. The van der Waals surface area contributed by atoms with Crippen molar-refractivity contribution >= 4 is 21.6 Å². The summed E-state index contributed by atoms with van der Waals surface area (Å²) in [7, 11) is -3.48. The average molecular weight is 331 g/mol. The van der Waals surface area contributed by atoms with Gasteiger partial charge in [-0.25, -0.2) is 8.42 Å². The SMILES string of the molecule is CCCNCc1ccc(Cl)c(S(=O)(=O)N2CCC(C)C2)c1. The van der Waals surface area contributed by atoms with Crippen LogP contribution in [0, 0.1) is 5.92 Å². The Bertz CT molecular complexity index is 589. The van der Waals surface area contributed by atoms with Crippen LogP contribution in [0.15, 0.2) is 23.1 Å². The monoisotopic (exact) mass is 330 g/mol. The zero-order chi connectivity index (χ0) is 15.5. The summed E-state index contributed by atoms with van der Waals surface area (Å²) in [5, 5.41) is 3.57. The van der Waals surface area contributed by atoms with Gasteiger partial charge in [0.15, 0.2) is 0 Å². The molecule has 0 bridgehead atoms. The van der Waals surface area contributed by atoms with E-state index in [1.54, 1.807) is 16.4 Å². The lowest BCUT2D eigenvalue weighted by molar-refractivity contribution is 0.464. The molecular formula is C15H23ClN2O2S. The van der Waals surface area contributed by atoms with E-state index in [1.165, 1.54) is 0 Å². The maximum Gasteiger partial charge on any atom is 0.244 e. The lowest BCUT2D eigenvalue weighted by Crippen LogP contribution is -2.29. The van der Waals surface area contributed by atoms with E-state index in [2.05, 4.69) is 19.2 Å². The Morgan fingerprint density at radius 3 is 2.81 bits per heavy atom. The maximum atomic E-state index is 12.7. The molecule has 1 unspecified atom stereocenters. The molecule has 118 valence electrons. The largest absolute Gasteiger partial charge is 0.313 e. The average Bonchev–Trinajstić information content (AvgIpc) is 2.88. The van der Waals surface area contributed by atoms with Crippen LogP contribution in [0.3, 0.4) is 0 Å². The fourth-order valence-corrected chi connectivity index (χ4v) is 4.62. The summed E-state index contributed by atoms with van der Waals surface area (Å²) >= 11 is 6.13. The van der Waals surface area contributed by atoms with Crippen LogP contribution in [0.2, 0.25) is 5.02 Å². The highest BCUT2D eigenvalue weighted by molar-refractivity contribution is 7.89. The number of sulfonamides is 1. The molecule has 1 aromatic rings. The number of hydrogen-bond donors (Lipinski definition) is 1. The summed E-state index contributed by atoms with van der Waals surface area (Å²) in [6, 6.07) is 5.25. The van der Waals surface area contributed by atoms with Crippen LogP contribution in [0.4, 0.5) is 0 Å². The fraction of sp³-hybridized carbons (Fsp3) is 0.600. The van der Waals surface area contributed by atoms with Crippen LogP contribution < -0.4 is 5.32 Å². The second-order valence-electron chi connectivity index (χ2n) is 5.70. The summed E-state index contributed by atoms with van der Waals surface area (Å²) in [5.41, 5.74) is 0.943. The molecule has 0 spiro atoms. The van der Waals surface area contributed by atoms with Gasteiger partial charge in [-0.05, 0) is 43.0 Å². The zero-order valence-corrected chi connectivity index (χ0v) is 14.2. The third kappa shape index (κ3) is 3.97. The standard InChI is InChI=1S/C15H23ClN2O2S/c1-3-7-17-10-13-4-5-14(16)15(9-13)21(19,20)18-8-6-12(2)11-18/h4-5,9,12,17H,3,6-8,10-11H2,1-2H3. The van der Waals surface area contributed by atoms with E-state index < -0.39 is 10.0 Å². The lowest BCUT2D eigenvalue weighted by Gasteiger charge is -2.17.